The number of nitrogens with one attached hydrogen (secondary N) is 1. The Bertz CT molecular complexity index is 414. The predicted molar refractivity (Wildman–Crippen MR) is 70.3 cm³/mol. The maximum absolute atomic E-state index is 11.1. The lowest BCUT2D eigenvalue weighted by Gasteiger charge is -2.43. The minimum Gasteiger partial charge on any atom is -0.469 e. The van der Waals surface area contributed by atoms with Crippen LogP contribution in [0.5, 0.6) is 0 Å². The highest BCUT2D eigenvalue weighted by Crippen LogP contribution is 2.41. The molecule has 2 N–H and O–H groups in total. The van der Waals surface area contributed by atoms with E-state index in [1.165, 1.54) is 12.8 Å². The summed E-state index contributed by atoms with van der Waals surface area (Å²) < 4.78 is 5.51. The third kappa shape index (κ3) is 1.90. The molecule has 3 atom stereocenters. The molecule has 0 bridgehead atoms. The maximum Gasteiger partial charge on any atom is 0.109 e. The van der Waals surface area contributed by atoms with Gasteiger partial charge in [-0.15, -0.1) is 0 Å². The number of furan rings is 1. The number of aryl methyl sites for hydroxylation is 1. The van der Waals surface area contributed by atoms with E-state index in [9.17, 15) is 5.11 Å². The summed E-state index contributed by atoms with van der Waals surface area (Å²) >= 11 is 0. The largest absolute Gasteiger partial charge is 0.469 e. The monoisotopic (exact) mass is 249 g/mol. The number of hydrogen-bond acceptors (Lipinski definition) is 3. The first-order valence-electron chi connectivity index (χ1n) is 7.26. The van der Waals surface area contributed by atoms with Crippen LogP contribution in [0.1, 0.15) is 50.4 Å². The molecular formula is C15H23NO2. The molecule has 18 heavy (non-hydrogen) atoms. The van der Waals surface area contributed by atoms with Crippen molar-refractivity contribution in [2.45, 2.75) is 57.1 Å². The van der Waals surface area contributed by atoms with Crippen LogP contribution in [0, 0.1) is 5.92 Å². The van der Waals surface area contributed by atoms with Gasteiger partial charge in [0, 0.05) is 18.0 Å². The molecule has 1 saturated heterocycles. The molecule has 0 amide bonds. The Labute approximate surface area is 109 Å². The van der Waals surface area contributed by atoms with Crippen LogP contribution in [0.15, 0.2) is 16.7 Å². The minimum absolute atomic E-state index is 0.188. The van der Waals surface area contributed by atoms with Crippen molar-refractivity contribution in [1.29, 1.82) is 0 Å². The molecule has 0 saturated carbocycles. The summed E-state index contributed by atoms with van der Waals surface area (Å²) in [5.74, 6) is 1.74. The van der Waals surface area contributed by atoms with E-state index in [2.05, 4.69) is 12.2 Å². The van der Waals surface area contributed by atoms with Crippen molar-refractivity contribution in [2.75, 3.05) is 6.54 Å². The van der Waals surface area contributed by atoms with Crippen LogP contribution in [-0.2, 0) is 12.0 Å². The number of aliphatic hydroxyl groups is 1. The summed E-state index contributed by atoms with van der Waals surface area (Å²) in [6, 6.07) is 2.15. The maximum atomic E-state index is 11.1. The molecule has 100 valence electrons. The normalized spacial score (nSPS) is 36.3. The van der Waals surface area contributed by atoms with Gasteiger partial charge in [-0.05, 0) is 44.2 Å². The predicted octanol–water partition coefficient (Wildman–Crippen LogP) is 2.58. The second-order valence-electron chi connectivity index (χ2n) is 5.84. The first-order chi connectivity index (χ1) is 8.74. The van der Waals surface area contributed by atoms with Gasteiger partial charge in [-0.25, -0.2) is 0 Å². The number of piperidine rings is 1. The zero-order valence-corrected chi connectivity index (χ0v) is 11.1. The van der Waals surface area contributed by atoms with Crippen molar-refractivity contribution in [3.63, 3.8) is 0 Å². The number of hydrogen-bond donors (Lipinski definition) is 2. The lowest BCUT2D eigenvalue weighted by atomic mass is 9.73. The summed E-state index contributed by atoms with van der Waals surface area (Å²) in [5.41, 5.74) is 0.317. The Kier molecular flexibility index (Phi) is 3.20. The van der Waals surface area contributed by atoms with Crippen molar-refractivity contribution in [3.05, 3.63) is 23.7 Å². The van der Waals surface area contributed by atoms with Crippen LogP contribution in [0.4, 0.5) is 0 Å². The first-order valence-corrected chi connectivity index (χ1v) is 7.26. The molecule has 1 aliphatic heterocycles. The van der Waals surface area contributed by atoms with Gasteiger partial charge >= 0.3 is 0 Å². The van der Waals surface area contributed by atoms with Crippen LogP contribution in [0.2, 0.25) is 0 Å². The van der Waals surface area contributed by atoms with E-state index in [0.29, 0.717) is 0 Å². The molecule has 3 heteroatoms. The summed E-state index contributed by atoms with van der Waals surface area (Å²) in [7, 11) is 0. The van der Waals surface area contributed by atoms with Gasteiger partial charge in [0.25, 0.3) is 0 Å². The lowest BCUT2D eigenvalue weighted by Crippen LogP contribution is -2.53. The fraction of sp³-hybridized carbons (Fsp3) is 0.733. The highest BCUT2D eigenvalue weighted by molar-refractivity contribution is 5.30. The van der Waals surface area contributed by atoms with Crippen LogP contribution in [0.25, 0.3) is 0 Å². The van der Waals surface area contributed by atoms with Gasteiger partial charge in [0.05, 0.1) is 6.26 Å². The van der Waals surface area contributed by atoms with Crippen molar-refractivity contribution in [1.82, 2.24) is 5.32 Å². The first kappa shape index (κ1) is 12.2. The smallest absolute Gasteiger partial charge is 0.109 e. The Morgan fingerprint density at radius 3 is 3.28 bits per heavy atom. The van der Waals surface area contributed by atoms with Gasteiger partial charge in [-0.1, -0.05) is 13.3 Å². The molecule has 0 radical (unpaired) electrons. The molecule has 1 aromatic heterocycles. The molecule has 2 aliphatic rings. The van der Waals surface area contributed by atoms with Crippen LogP contribution in [0.3, 0.4) is 0 Å². The van der Waals surface area contributed by atoms with E-state index in [-0.39, 0.29) is 6.04 Å². The molecule has 3 nitrogen and oxygen atoms in total. The Hall–Kier alpha value is -0.800. The quantitative estimate of drug-likeness (QED) is 0.847. The summed E-state index contributed by atoms with van der Waals surface area (Å²) in [5, 5.41) is 14.7. The van der Waals surface area contributed by atoms with Crippen molar-refractivity contribution < 1.29 is 9.52 Å². The standard InChI is InChI=1S/C15H23NO2/c1-2-11-5-8-16-14(10-11)15(17)7-3-4-13-12(15)6-9-18-13/h6,9,11,14,16-17H,2-5,7-8,10H2,1H3. The topological polar surface area (TPSA) is 45.4 Å². The van der Waals surface area contributed by atoms with E-state index in [4.69, 9.17) is 4.42 Å². The molecule has 0 aromatic carbocycles. The Morgan fingerprint density at radius 1 is 1.56 bits per heavy atom. The van der Waals surface area contributed by atoms with Crippen molar-refractivity contribution in [2.24, 2.45) is 5.92 Å². The average molecular weight is 249 g/mol. The third-order valence-corrected chi connectivity index (χ3v) is 4.84. The zero-order valence-electron chi connectivity index (χ0n) is 11.1. The molecule has 1 fully saturated rings. The van der Waals surface area contributed by atoms with E-state index in [1.54, 1.807) is 6.26 Å². The Balaban J connectivity index is 1.87. The fourth-order valence-electron chi connectivity index (χ4n) is 3.67. The molecule has 1 aliphatic carbocycles. The lowest BCUT2D eigenvalue weighted by molar-refractivity contribution is -0.0358. The van der Waals surface area contributed by atoms with E-state index < -0.39 is 5.60 Å². The molecular weight excluding hydrogens is 226 g/mol. The summed E-state index contributed by atoms with van der Waals surface area (Å²) in [6.45, 7) is 3.28. The molecule has 2 heterocycles. The number of rotatable bonds is 2. The Morgan fingerprint density at radius 2 is 2.44 bits per heavy atom. The van der Waals surface area contributed by atoms with Gasteiger partial charge in [0.1, 0.15) is 11.4 Å². The molecule has 3 unspecified atom stereocenters. The van der Waals surface area contributed by atoms with Gasteiger partial charge in [0.2, 0.25) is 0 Å². The molecule has 0 spiro atoms. The van der Waals surface area contributed by atoms with Gasteiger partial charge < -0.3 is 14.8 Å². The van der Waals surface area contributed by atoms with Crippen LogP contribution in [-0.4, -0.2) is 17.7 Å². The highest BCUT2D eigenvalue weighted by atomic mass is 16.3. The fourth-order valence-corrected chi connectivity index (χ4v) is 3.67. The second kappa shape index (κ2) is 4.71. The summed E-state index contributed by atoms with van der Waals surface area (Å²) in [6.07, 6.45) is 8.10. The zero-order chi connectivity index (χ0) is 12.6. The van der Waals surface area contributed by atoms with E-state index in [0.717, 1.165) is 49.5 Å². The van der Waals surface area contributed by atoms with E-state index >= 15 is 0 Å². The van der Waals surface area contributed by atoms with Gasteiger partial charge in [0.15, 0.2) is 0 Å². The minimum atomic E-state index is -0.714. The van der Waals surface area contributed by atoms with Crippen LogP contribution < -0.4 is 5.32 Å². The van der Waals surface area contributed by atoms with E-state index in [1.807, 2.05) is 6.07 Å². The van der Waals surface area contributed by atoms with Crippen molar-refractivity contribution >= 4 is 0 Å². The highest BCUT2D eigenvalue weighted by Gasteiger charge is 2.44. The third-order valence-electron chi connectivity index (χ3n) is 4.84. The molecule has 1 aromatic rings. The van der Waals surface area contributed by atoms with Gasteiger partial charge in [-0.3, -0.25) is 0 Å². The second-order valence-corrected chi connectivity index (χ2v) is 5.84. The van der Waals surface area contributed by atoms with Crippen LogP contribution >= 0.6 is 0 Å². The molecule has 3 rings (SSSR count). The van der Waals surface area contributed by atoms with Crippen molar-refractivity contribution in [3.8, 4) is 0 Å². The van der Waals surface area contributed by atoms with Gasteiger partial charge in [-0.2, -0.15) is 0 Å². The summed E-state index contributed by atoms with van der Waals surface area (Å²) in [4.78, 5) is 0. The average Bonchev–Trinajstić information content (AvgIpc) is 2.89. The number of fused-ring (bicyclic) bond motifs is 1. The SMILES string of the molecule is CCC1CCNC(C2(O)CCCc3occc32)C1.